The fourth-order valence-electron chi connectivity index (χ4n) is 4.64. The minimum atomic E-state index is -3.46. The largest absolute Gasteiger partial charge is 0.366 e. The Morgan fingerprint density at radius 1 is 1.06 bits per heavy atom. The van der Waals surface area contributed by atoms with E-state index in [0.29, 0.717) is 43.0 Å². The summed E-state index contributed by atoms with van der Waals surface area (Å²) in [7, 11) is -3.46. The fourth-order valence-corrected chi connectivity index (χ4v) is 5.29. The third-order valence-corrected chi connectivity index (χ3v) is 7.64. The van der Waals surface area contributed by atoms with Gasteiger partial charge in [0.15, 0.2) is 9.84 Å². The molecule has 0 aromatic heterocycles. The van der Waals surface area contributed by atoms with Gasteiger partial charge < -0.3 is 14.6 Å². The smallest absolute Gasteiger partial charge is 0.254 e. The second-order valence-corrected chi connectivity index (χ2v) is 10.9. The summed E-state index contributed by atoms with van der Waals surface area (Å²) in [6.07, 6.45) is 8.18. The molecule has 1 aliphatic carbocycles. The van der Waals surface area contributed by atoms with E-state index in [0.717, 1.165) is 49.4 Å². The van der Waals surface area contributed by atoms with Crippen LogP contribution in [-0.4, -0.2) is 57.9 Å². The number of benzene rings is 2. The summed E-state index contributed by atoms with van der Waals surface area (Å²) < 4.78 is 38.9. The zero-order chi connectivity index (χ0) is 24.3. The van der Waals surface area contributed by atoms with Crippen LogP contribution in [0, 0.1) is 5.82 Å². The highest BCUT2D eigenvalue weighted by atomic mass is 32.2. The summed E-state index contributed by atoms with van der Waals surface area (Å²) in [5, 5.41) is 0. The highest BCUT2D eigenvalue weighted by Crippen LogP contribution is 2.31. The number of allylic oxidation sites excluding steroid dienone is 2. The Hall–Kier alpha value is -3.00. The number of nitrogens with zero attached hydrogens (tertiary/aromatic N) is 2. The predicted molar refractivity (Wildman–Crippen MR) is 130 cm³/mol. The molecule has 2 aromatic rings. The molecule has 0 atom stereocenters. The summed E-state index contributed by atoms with van der Waals surface area (Å²) in [5.74, 6) is -0.583. The topological polar surface area (TPSA) is 74.8 Å². The number of sulfone groups is 1. The molecular weight excluding hydrogens is 455 g/mol. The van der Waals surface area contributed by atoms with Gasteiger partial charge in [-0.05, 0) is 66.6 Å². The van der Waals surface area contributed by atoms with Crippen molar-refractivity contribution in [1.82, 2.24) is 4.90 Å². The maximum Gasteiger partial charge on any atom is 0.254 e. The lowest BCUT2D eigenvalue weighted by Gasteiger charge is -2.36. The average molecular weight is 485 g/mol. The van der Waals surface area contributed by atoms with Crippen molar-refractivity contribution in [2.75, 3.05) is 37.3 Å². The molecule has 1 aliphatic heterocycles. The van der Waals surface area contributed by atoms with E-state index in [1.807, 2.05) is 4.90 Å². The monoisotopic (exact) mass is 484 g/mol. The Bertz CT molecular complexity index is 1230. The molecule has 0 bridgehead atoms. The molecule has 6 nitrogen and oxygen atoms in total. The SMILES string of the molecule is CS(=O)(=O)c1ccc(C2=CCCCC2)c(C(=O)N2CCN(c3ccc(CC=O)cc3F)CC2)c1. The van der Waals surface area contributed by atoms with Gasteiger partial charge in [-0.25, -0.2) is 12.8 Å². The summed E-state index contributed by atoms with van der Waals surface area (Å²) >= 11 is 0. The van der Waals surface area contributed by atoms with Crippen LogP contribution in [0.4, 0.5) is 10.1 Å². The van der Waals surface area contributed by atoms with Gasteiger partial charge in [0, 0.05) is 44.4 Å². The third-order valence-electron chi connectivity index (χ3n) is 6.53. The van der Waals surface area contributed by atoms with Crippen molar-refractivity contribution in [3.05, 3.63) is 65.0 Å². The standard InChI is InChI=1S/C26H29FN2O4S/c1-34(32,33)21-8-9-22(20-5-3-2-4-6-20)23(18-21)26(31)29-14-12-28(13-15-29)25-10-7-19(11-16-30)17-24(25)27/h5,7-10,16-18H,2-4,6,11-15H2,1H3. The Balaban J connectivity index is 1.55. The molecule has 0 radical (unpaired) electrons. The number of hydrogen-bond donors (Lipinski definition) is 0. The van der Waals surface area contributed by atoms with Crippen LogP contribution in [0.3, 0.4) is 0 Å². The lowest BCUT2D eigenvalue weighted by Crippen LogP contribution is -2.49. The first kappa shape index (κ1) is 24.1. The summed E-state index contributed by atoms with van der Waals surface area (Å²) in [6.45, 7) is 1.71. The van der Waals surface area contributed by atoms with Gasteiger partial charge in [-0.1, -0.05) is 18.2 Å². The van der Waals surface area contributed by atoms with Gasteiger partial charge >= 0.3 is 0 Å². The quantitative estimate of drug-likeness (QED) is 0.582. The number of hydrogen-bond acceptors (Lipinski definition) is 5. The van der Waals surface area contributed by atoms with Crippen molar-refractivity contribution in [3.8, 4) is 0 Å². The fraction of sp³-hybridized carbons (Fsp3) is 0.385. The van der Waals surface area contributed by atoms with Crippen molar-refractivity contribution in [2.24, 2.45) is 0 Å². The molecule has 34 heavy (non-hydrogen) atoms. The summed E-state index contributed by atoms with van der Waals surface area (Å²) in [5.41, 5.74) is 3.38. The molecule has 1 amide bonds. The van der Waals surface area contributed by atoms with Gasteiger partial charge in [0.05, 0.1) is 10.6 Å². The first-order valence-corrected chi connectivity index (χ1v) is 13.5. The number of anilines is 1. The van der Waals surface area contributed by atoms with Gasteiger partial charge in [-0.3, -0.25) is 4.79 Å². The Morgan fingerprint density at radius 2 is 1.82 bits per heavy atom. The Morgan fingerprint density at radius 3 is 2.44 bits per heavy atom. The Kier molecular flexibility index (Phi) is 7.16. The molecule has 180 valence electrons. The van der Waals surface area contributed by atoms with Crippen LogP contribution < -0.4 is 4.90 Å². The second-order valence-electron chi connectivity index (χ2n) is 8.89. The normalized spacial score (nSPS) is 16.8. The van der Waals surface area contributed by atoms with E-state index in [-0.39, 0.29) is 23.0 Å². The molecule has 2 aliphatic rings. The van der Waals surface area contributed by atoms with E-state index in [1.165, 1.54) is 12.1 Å². The van der Waals surface area contributed by atoms with Crippen LogP contribution >= 0.6 is 0 Å². The number of amides is 1. The van der Waals surface area contributed by atoms with E-state index < -0.39 is 9.84 Å². The lowest BCUT2D eigenvalue weighted by atomic mass is 9.90. The first-order chi connectivity index (χ1) is 16.3. The zero-order valence-corrected chi connectivity index (χ0v) is 20.1. The van der Waals surface area contributed by atoms with E-state index in [9.17, 15) is 22.4 Å². The molecule has 1 heterocycles. The van der Waals surface area contributed by atoms with Crippen LogP contribution in [0.25, 0.3) is 5.57 Å². The highest BCUT2D eigenvalue weighted by molar-refractivity contribution is 7.90. The van der Waals surface area contributed by atoms with Crippen LogP contribution in [0.15, 0.2) is 47.4 Å². The number of halogens is 1. The van der Waals surface area contributed by atoms with Crippen LogP contribution in [0.2, 0.25) is 0 Å². The van der Waals surface area contributed by atoms with Crippen LogP contribution in [0.1, 0.15) is 47.2 Å². The average Bonchev–Trinajstić information content (AvgIpc) is 2.84. The molecule has 0 unspecified atom stereocenters. The molecule has 1 fully saturated rings. The predicted octanol–water partition coefficient (Wildman–Crippen LogP) is 3.89. The third kappa shape index (κ3) is 5.22. The molecule has 0 saturated carbocycles. The van der Waals surface area contributed by atoms with Crippen molar-refractivity contribution >= 4 is 33.3 Å². The molecule has 2 aromatic carbocycles. The highest BCUT2D eigenvalue weighted by Gasteiger charge is 2.27. The van der Waals surface area contributed by atoms with Gasteiger partial charge in [0.25, 0.3) is 5.91 Å². The molecular formula is C26H29FN2O4S. The Labute approximate surface area is 200 Å². The van der Waals surface area contributed by atoms with Crippen molar-refractivity contribution in [2.45, 2.75) is 37.0 Å². The molecule has 4 rings (SSSR count). The number of aldehydes is 1. The second kappa shape index (κ2) is 10.1. The van der Waals surface area contributed by atoms with E-state index in [1.54, 1.807) is 29.2 Å². The summed E-state index contributed by atoms with van der Waals surface area (Å²) in [6, 6.07) is 9.63. The number of rotatable bonds is 6. The van der Waals surface area contributed by atoms with Crippen LogP contribution in [-0.2, 0) is 21.1 Å². The van der Waals surface area contributed by atoms with E-state index in [4.69, 9.17) is 0 Å². The van der Waals surface area contributed by atoms with E-state index in [2.05, 4.69) is 6.08 Å². The molecule has 0 spiro atoms. The maximum atomic E-state index is 14.6. The van der Waals surface area contributed by atoms with Gasteiger partial charge in [0.2, 0.25) is 0 Å². The minimum absolute atomic E-state index is 0.132. The van der Waals surface area contributed by atoms with Crippen molar-refractivity contribution in [3.63, 3.8) is 0 Å². The molecule has 1 saturated heterocycles. The molecule has 8 heteroatoms. The lowest BCUT2D eigenvalue weighted by molar-refractivity contribution is -0.107. The number of carbonyl (C=O) groups excluding carboxylic acids is 2. The molecule has 0 N–H and O–H groups in total. The first-order valence-electron chi connectivity index (χ1n) is 11.6. The maximum absolute atomic E-state index is 14.6. The van der Waals surface area contributed by atoms with Crippen LogP contribution in [0.5, 0.6) is 0 Å². The minimum Gasteiger partial charge on any atom is -0.366 e. The zero-order valence-electron chi connectivity index (χ0n) is 19.3. The van der Waals surface area contributed by atoms with Gasteiger partial charge in [-0.15, -0.1) is 0 Å². The van der Waals surface area contributed by atoms with Gasteiger partial charge in [0.1, 0.15) is 12.1 Å². The van der Waals surface area contributed by atoms with Crippen molar-refractivity contribution in [1.29, 1.82) is 0 Å². The van der Waals surface area contributed by atoms with Crippen molar-refractivity contribution < 1.29 is 22.4 Å². The number of carbonyl (C=O) groups is 2. The number of piperazine rings is 1. The van der Waals surface area contributed by atoms with Gasteiger partial charge in [-0.2, -0.15) is 0 Å². The summed E-state index contributed by atoms with van der Waals surface area (Å²) in [4.78, 5) is 28.0. The van der Waals surface area contributed by atoms with E-state index >= 15 is 0 Å².